The highest BCUT2D eigenvalue weighted by molar-refractivity contribution is 5.50. The summed E-state index contributed by atoms with van der Waals surface area (Å²) in [6.45, 7) is 8.44. The van der Waals surface area contributed by atoms with Crippen LogP contribution >= 0.6 is 0 Å². The maximum atomic E-state index is 10.2. The molecule has 2 atom stereocenters. The number of aryl methyl sites for hydroxylation is 1. The molecule has 0 fully saturated rings. The van der Waals surface area contributed by atoms with E-state index in [9.17, 15) is 10.2 Å². The number of benzene rings is 1. The summed E-state index contributed by atoms with van der Waals surface area (Å²) in [4.78, 5) is 0. The Morgan fingerprint density at radius 1 is 1.11 bits per heavy atom. The first-order valence-corrected chi connectivity index (χ1v) is 7.10. The molecule has 2 rings (SSSR count). The van der Waals surface area contributed by atoms with Crippen molar-refractivity contribution < 1.29 is 10.2 Å². The monoisotopic (exact) mass is 260 g/mol. The van der Waals surface area contributed by atoms with Gasteiger partial charge >= 0.3 is 0 Å². The summed E-state index contributed by atoms with van der Waals surface area (Å²) in [5, 5.41) is 20.4. The third-order valence-electron chi connectivity index (χ3n) is 4.27. The molecule has 2 N–H and O–H groups in total. The van der Waals surface area contributed by atoms with Crippen LogP contribution in [-0.2, 0) is 0 Å². The zero-order valence-electron chi connectivity index (χ0n) is 12.3. The lowest BCUT2D eigenvalue weighted by Gasteiger charge is -2.33. The molecular formula is C17H24O2. The Labute approximate surface area is 115 Å². The number of phenols is 2. The Bertz CT molecular complexity index is 477. The molecule has 2 nitrogen and oxygen atoms in total. The van der Waals surface area contributed by atoms with E-state index in [1.807, 2.05) is 6.92 Å². The number of phenolic OH excluding ortho intramolecular Hbond substituents is 2. The summed E-state index contributed by atoms with van der Waals surface area (Å²) in [5.41, 5.74) is 2.93. The molecule has 0 spiro atoms. The topological polar surface area (TPSA) is 40.5 Å². The second-order valence-corrected chi connectivity index (χ2v) is 6.20. The van der Waals surface area contributed by atoms with Gasteiger partial charge in [-0.05, 0) is 56.2 Å². The Hall–Kier alpha value is -1.44. The second-order valence-electron chi connectivity index (χ2n) is 6.20. The van der Waals surface area contributed by atoms with E-state index in [0.717, 1.165) is 18.4 Å². The van der Waals surface area contributed by atoms with Gasteiger partial charge in [-0.3, -0.25) is 0 Å². The molecule has 0 saturated carbocycles. The fourth-order valence-electron chi connectivity index (χ4n) is 3.23. The SMILES string of the molecule is CC1=C[C@@H](c2c(O)cc(C)cc2O)[C@@H](C(C)C)CC1. The van der Waals surface area contributed by atoms with Gasteiger partial charge in [0.05, 0.1) is 0 Å². The minimum Gasteiger partial charge on any atom is -0.507 e. The van der Waals surface area contributed by atoms with Crippen molar-refractivity contribution >= 4 is 0 Å². The van der Waals surface area contributed by atoms with Gasteiger partial charge in [0.15, 0.2) is 0 Å². The Morgan fingerprint density at radius 3 is 2.21 bits per heavy atom. The zero-order chi connectivity index (χ0) is 14.2. The highest BCUT2D eigenvalue weighted by Gasteiger charge is 2.31. The van der Waals surface area contributed by atoms with Gasteiger partial charge in [0.1, 0.15) is 11.5 Å². The minimum absolute atomic E-state index is 0.120. The average molecular weight is 260 g/mol. The maximum Gasteiger partial charge on any atom is 0.123 e. The zero-order valence-corrected chi connectivity index (χ0v) is 12.3. The van der Waals surface area contributed by atoms with Gasteiger partial charge in [0.2, 0.25) is 0 Å². The van der Waals surface area contributed by atoms with Crippen LogP contribution < -0.4 is 0 Å². The summed E-state index contributed by atoms with van der Waals surface area (Å²) in [7, 11) is 0. The first-order valence-electron chi connectivity index (χ1n) is 7.10. The molecule has 0 saturated heterocycles. The number of allylic oxidation sites excluding steroid dienone is 2. The van der Waals surface area contributed by atoms with Crippen LogP contribution in [0.4, 0.5) is 0 Å². The molecule has 0 unspecified atom stereocenters. The van der Waals surface area contributed by atoms with E-state index in [1.165, 1.54) is 5.57 Å². The van der Waals surface area contributed by atoms with E-state index < -0.39 is 0 Å². The lowest BCUT2D eigenvalue weighted by atomic mass is 9.71. The summed E-state index contributed by atoms with van der Waals surface area (Å²) in [6, 6.07) is 3.48. The van der Waals surface area contributed by atoms with Crippen LogP contribution in [0.25, 0.3) is 0 Å². The van der Waals surface area contributed by atoms with E-state index in [2.05, 4.69) is 26.8 Å². The fourth-order valence-corrected chi connectivity index (χ4v) is 3.23. The predicted octanol–water partition coefficient (Wildman–Crippen LogP) is 4.50. The molecule has 0 amide bonds. The molecule has 0 aliphatic heterocycles. The number of hydrogen-bond donors (Lipinski definition) is 2. The molecule has 0 heterocycles. The number of hydrogen-bond acceptors (Lipinski definition) is 2. The van der Waals surface area contributed by atoms with Crippen LogP contribution in [-0.4, -0.2) is 10.2 Å². The normalized spacial score (nSPS) is 23.5. The number of rotatable bonds is 2. The summed E-state index contributed by atoms with van der Waals surface area (Å²) >= 11 is 0. The van der Waals surface area contributed by atoms with E-state index in [1.54, 1.807) is 12.1 Å². The molecule has 2 heteroatoms. The summed E-state index contributed by atoms with van der Waals surface area (Å²) in [5.74, 6) is 1.57. The van der Waals surface area contributed by atoms with Crippen molar-refractivity contribution in [2.45, 2.75) is 46.5 Å². The standard InChI is InChI=1S/C17H24O2/c1-10(2)13-6-5-11(3)7-14(13)17-15(18)8-12(4)9-16(17)19/h7-10,13-14,18-19H,5-6H2,1-4H3/t13-,14-/m1/s1. The minimum atomic E-state index is 0.120. The summed E-state index contributed by atoms with van der Waals surface area (Å²) < 4.78 is 0. The maximum absolute atomic E-state index is 10.2. The smallest absolute Gasteiger partial charge is 0.123 e. The molecule has 104 valence electrons. The van der Waals surface area contributed by atoms with Gasteiger partial charge < -0.3 is 10.2 Å². The lowest BCUT2D eigenvalue weighted by Crippen LogP contribution is -2.21. The van der Waals surface area contributed by atoms with Gasteiger partial charge in [0, 0.05) is 11.5 Å². The Morgan fingerprint density at radius 2 is 1.68 bits per heavy atom. The van der Waals surface area contributed by atoms with Crippen LogP contribution in [0.2, 0.25) is 0 Å². The van der Waals surface area contributed by atoms with E-state index in [-0.39, 0.29) is 17.4 Å². The van der Waals surface area contributed by atoms with Gasteiger partial charge in [-0.1, -0.05) is 25.5 Å². The van der Waals surface area contributed by atoms with Crippen LogP contribution in [0.5, 0.6) is 11.5 Å². The van der Waals surface area contributed by atoms with Crippen LogP contribution in [0.15, 0.2) is 23.8 Å². The molecular weight excluding hydrogens is 236 g/mol. The van der Waals surface area contributed by atoms with E-state index >= 15 is 0 Å². The van der Waals surface area contributed by atoms with E-state index in [4.69, 9.17) is 0 Å². The predicted molar refractivity (Wildman–Crippen MR) is 78.6 cm³/mol. The molecule has 1 aromatic rings. The van der Waals surface area contributed by atoms with Crippen molar-refractivity contribution in [3.05, 3.63) is 34.9 Å². The van der Waals surface area contributed by atoms with Crippen molar-refractivity contribution in [3.8, 4) is 11.5 Å². The lowest BCUT2D eigenvalue weighted by molar-refractivity contribution is 0.304. The van der Waals surface area contributed by atoms with Crippen molar-refractivity contribution in [2.24, 2.45) is 11.8 Å². The van der Waals surface area contributed by atoms with Crippen molar-refractivity contribution in [2.75, 3.05) is 0 Å². The van der Waals surface area contributed by atoms with Crippen molar-refractivity contribution in [3.63, 3.8) is 0 Å². The highest BCUT2D eigenvalue weighted by Crippen LogP contribution is 2.46. The van der Waals surface area contributed by atoms with Gasteiger partial charge in [-0.15, -0.1) is 0 Å². The quantitative estimate of drug-likeness (QED) is 0.768. The van der Waals surface area contributed by atoms with Crippen molar-refractivity contribution in [1.82, 2.24) is 0 Å². The highest BCUT2D eigenvalue weighted by atomic mass is 16.3. The third kappa shape index (κ3) is 2.78. The van der Waals surface area contributed by atoms with E-state index in [0.29, 0.717) is 17.4 Å². The van der Waals surface area contributed by atoms with Crippen LogP contribution in [0.3, 0.4) is 0 Å². The Kier molecular flexibility index (Phi) is 3.88. The third-order valence-corrected chi connectivity index (χ3v) is 4.27. The first kappa shape index (κ1) is 14.0. The molecule has 1 aromatic carbocycles. The second kappa shape index (κ2) is 5.28. The van der Waals surface area contributed by atoms with Gasteiger partial charge in [0.25, 0.3) is 0 Å². The molecule has 1 aliphatic rings. The average Bonchev–Trinajstić information content (AvgIpc) is 2.27. The van der Waals surface area contributed by atoms with Crippen LogP contribution in [0.1, 0.15) is 50.7 Å². The first-order chi connectivity index (χ1) is 8.90. The molecule has 1 aliphatic carbocycles. The molecule has 0 aromatic heterocycles. The molecule has 19 heavy (non-hydrogen) atoms. The molecule has 0 radical (unpaired) electrons. The number of aromatic hydroxyl groups is 2. The van der Waals surface area contributed by atoms with Crippen LogP contribution in [0, 0.1) is 18.8 Å². The molecule has 0 bridgehead atoms. The largest absolute Gasteiger partial charge is 0.507 e. The van der Waals surface area contributed by atoms with Gasteiger partial charge in [-0.2, -0.15) is 0 Å². The van der Waals surface area contributed by atoms with Crippen molar-refractivity contribution in [1.29, 1.82) is 0 Å². The Balaban J connectivity index is 2.51. The fraction of sp³-hybridized carbons (Fsp3) is 0.529. The van der Waals surface area contributed by atoms with Gasteiger partial charge in [-0.25, -0.2) is 0 Å². The summed E-state index contributed by atoms with van der Waals surface area (Å²) in [6.07, 6.45) is 4.46.